The van der Waals surface area contributed by atoms with E-state index in [4.69, 9.17) is 0 Å². The molecule has 0 aliphatic rings. The molecule has 0 amide bonds. The number of hydrogen-bond acceptors (Lipinski definition) is 4. The van der Waals surface area contributed by atoms with Crippen LogP contribution >= 0.6 is 0 Å². The smallest absolute Gasteiger partial charge is 0.261 e. The van der Waals surface area contributed by atoms with Gasteiger partial charge in [-0.3, -0.25) is 28.3 Å². The van der Waals surface area contributed by atoms with Gasteiger partial charge in [-0.25, -0.2) is 0 Å². The second kappa shape index (κ2) is 15.2. The summed E-state index contributed by atoms with van der Waals surface area (Å²) in [5.41, 5.74) is 1.10. The quantitative estimate of drug-likeness (QED) is 0.0470. The predicted octanol–water partition coefficient (Wildman–Crippen LogP) is 11.1. The molecule has 0 aliphatic carbocycles. The summed E-state index contributed by atoms with van der Waals surface area (Å²) >= 11 is 0. The Morgan fingerprint density at radius 3 is 1.25 bits per heavy atom. The Hall–Kier alpha value is -4.52. The minimum Gasteiger partial charge on any atom is -0.340 e. The lowest BCUT2D eigenvalue weighted by Gasteiger charge is -2.20. The lowest BCUT2D eigenvalue weighted by molar-refractivity contribution is 0.382. The van der Waals surface area contributed by atoms with Crippen LogP contribution in [-0.4, -0.2) is 13.7 Å². The zero-order valence-corrected chi connectivity index (χ0v) is 33.6. The third kappa shape index (κ3) is 5.90. The SMILES string of the molecule is CCCCCCCCn1c2cc3c(=O)n(CC(CC)CCCC)c(=O)c4ccc5c6ccc7c(=O)n(CC(CC)CCCC)c(=O)c8cc1c(c6c78)c2c5c43. The summed E-state index contributed by atoms with van der Waals surface area (Å²) < 4.78 is 5.38. The van der Waals surface area contributed by atoms with Gasteiger partial charge < -0.3 is 4.57 Å². The van der Waals surface area contributed by atoms with Gasteiger partial charge in [0.25, 0.3) is 22.2 Å². The molecule has 3 heterocycles. The van der Waals surface area contributed by atoms with E-state index < -0.39 is 0 Å². The van der Waals surface area contributed by atoms with Crippen molar-refractivity contribution in [1.29, 1.82) is 0 Å². The number of benzene rings is 5. The molecule has 2 atom stereocenters. The maximum atomic E-state index is 14.6. The van der Waals surface area contributed by atoms with E-state index in [9.17, 15) is 19.2 Å². The first-order chi connectivity index (χ1) is 26.8. The van der Waals surface area contributed by atoms with Crippen molar-refractivity contribution in [3.8, 4) is 0 Å². The number of fused-ring (bicyclic) bond motifs is 1. The van der Waals surface area contributed by atoms with Gasteiger partial charge in [0.1, 0.15) is 0 Å². The van der Waals surface area contributed by atoms with Crippen LogP contribution in [0.2, 0.25) is 0 Å². The summed E-state index contributed by atoms with van der Waals surface area (Å²) in [4.78, 5) is 57.9. The highest BCUT2D eigenvalue weighted by Crippen LogP contribution is 2.49. The Morgan fingerprint density at radius 2 is 0.818 bits per heavy atom. The van der Waals surface area contributed by atoms with Gasteiger partial charge in [-0.1, -0.05) is 117 Å². The van der Waals surface area contributed by atoms with E-state index in [1.807, 2.05) is 24.3 Å². The van der Waals surface area contributed by atoms with Crippen LogP contribution in [0.25, 0.3) is 75.7 Å². The third-order valence-corrected chi connectivity index (χ3v) is 13.3. The molecule has 0 bridgehead atoms. The van der Waals surface area contributed by atoms with Crippen molar-refractivity contribution in [3.63, 3.8) is 0 Å². The molecule has 288 valence electrons. The minimum atomic E-state index is -0.210. The summed E-state index contributed by atoms with van der Waals surface area (Å²) in [6.45, 7) is 12.5. The van der Waals surface area contributed by atoms with Crippen molar-refractivity contribution in [3.05, 3.63) is 77.8 Å². The van der Waals surface area contributed by atoms with Crippen LogP contribution in [0.15, 0.2) is 55.6 Å². The van der Waals surface area contributed by atoms with Gasteiger partial charge in [-0.15, -0.1) is 0 Å². The predicted molar refractivity (Wildman–Crippen MR) is 233 cm³/mol. The highest BCUT2D eigenvalue weighted by atomic mass is 16.2. The molecule has 2 unspecified atom stereocenters. The summed E-state index contributed by atoms with van der Waals surface area (Å²) in [6, 6.07) is 12.0. The second-order valence-electron chi connectivity index (χ2n) is 16.7. The molecule has 0 saturated carbocycles. The topological polar surface area (TPSA) is 83.1 Å². The number of aromatic nitrogens is 3. The Labute approximate surface area is 322 Å². The Morgan fingerprint density at radius 1 is 0.418 bits per heavy atom. The summed E-state index contributed by atoms with van der Waals surface area (Å²) in [5.74, 6) is 0.513. The first-order valence-corrected chi connectivity index (χ1v) is 21.6. The van der Waals surface area contributed by atoms with E-state index in [-0.39, 0.29) is 34.1 Å². The van der Waals surface area contributed by atoms with Crippen molar-refractivity contribution in [1.82, 2.24) is 13.7 Å². The van der Waals surface area contributed by atoms with Gasteiger partial charge in [0.2, 0.25) is 0 Å². The van der Waals surface area contributed by atoms with E-state index in [1.54, 1.807) is 0 Å². The number of pyridine rings is 2. The zero-order valence-electron chi connectivity index (χ0n) is 33.6. The monoisotopic (exact) mass is 739 g/mol. The number of hydrogen-bond donors (Lipinski definition) is 0. The minimum absolute atomic E-state index is 0.210. The van der Waals surface area contributed by atoms with Gasteiger partial charge in [-0.05, 0) is 66.1 Å². The van der Waals surface area contributed by atoms with Crippen molar-refractivity contribution < 1.29 is 0 Å². The second-order valence-corrected chi connectivity index (χ2v) is 16.7. The molecule has 8 rings (SSSR count). The molecule has 8 aromatic rings. The maximum absolute atomic E-state index is 14.6. The third-order valence-electron chi connectivity index (χ3n) is 13.3. The van der Waals surface area contributed by atoms with Crippen molar-refractivity contribution in [2.45, 2.75) is 144 Å². The molecule has 55 heavy (non-hydrogen) atoms. The molecule has 7 heteroatoms. The maximum Gasteiger partial charge on any atom is 0.261 e. The molecule has 0 saturated heterocycles. The molecule has 5 aromatic carbocycles. The van der Waals surface area contributed by atoms with Crippen LogP contribution in [-0.2, 0) is 19.6 Å². The van der Waals surface area contributed by atoms with Crippen molar-refractivity contribution in [2.24, 2.45) is 11.8 Å². The molecule has 0 aliphatic heterocycles. The largest absolute Gasteiger partial charge is 0.340 e. The fourth-order valence-corrected chi connectivity index (χ4v) is 10.0. The molecular formula is C48H57N3O4. The lowest BCUT2D eigenvalue weighted by Crippen LogP contribution is -2.35. The van der Waals surface area contributed by atoms with Gasteiger partial charge >= 0.3 is 0 Å². The summed E-state index contributed by atoms with van der Waals surface area (Å²) in [6.07, 6.45) is 15.0. The van der Waals surface area contributed by atoms with Crippen LogP contribution in [0.1, 0.15) is 125 Å². The van der Waals surface area contributed by atoms with E-state index in [1.165, 1.54) is 34.8 Å². The normalized spacial score (nSPS) is 13.8. The van der Waals surface area contributed by atoms with Crippen LogP contribution in [0.4, 0.5) is 0 Å². The van der Waals surface area contributed by atoms with Crippen molar-refractivity contribution >= 4 is 75.7 Å². The molecular weight excluding hydrogens is 683 g/mol. The number of aryl methyl sites for hydroxylation is 1. The van der Waals surface area contributed by atoms with Crippen LogP contribution in [0, 0.1) is 11.8 Å². The Kier molecular flexibility index (Phi) is 10.3. The molecule has 0 spiro atoms. The number of rotatable bonds is 19. The van der Waals surface area contributed by atoms with Gasteiger partial charge in [0.15, 0.2) is 0 Å². The number of unbranched alkanes of at least 4 members (excludes halogenated alkanes) is 7. The first kappa shape index (κ1) is 37.4. The Bertz CT molecular complexity index is 2670. The van der Waals surface area contributed by atoms with Gasteiger partial charge in [0.05, 0.1) is 21.8 Å². The van der Waals surface area contributed by atoms with Gasteiger partial charge in [0, 0.05) is 62.7 Å². The van der Waals surface area contributed by atoms with Gasteiger partial charge in [-0.2, -0.15) is 0 Å². The fraction of sp³-hybridized carbons (Fsp3) is 0.500. The molecule has 0 fully saturated rings. The standard InChI is InChI=1S/C48H57N3O4/c1-6-11-14-15-16-17-24-49-37-25-35-39-33(45(52)50(47(35)54)27-29(9-4)18-12-7-2)22-20-31-32-21-23-34-40-36(26-38(49)44(42(32)40)43(37)41(31)39)48(55)51(46(34)53)28-30(10-5)19-13-8-3/h20-23,25-26,29-30H,6-19,24,27-28H2,1-5H3. The van der Waals surface area contributed by atoms with E-state index in [0.29, 0.717) is 34.6 Å². The fourth-order valence-electron chi connectivity index (χ4n) is 10.0. The van der Waals surface area contributed by atoms with E-state index in [0.717, 1.165) is 125 Å². The average molecular weight is 740 g/mol. The summed E-state index contributed by atoms with van der Waals surface area (Å²) in [7, 11) is 0. The highest BCUT2D eigenvalue weighted by molar-refractivity contribution is 6.45. The van der Waals surface area contributed by atoms with Crippen LogP contribution in [0.5, 0.6) is 0 Å². The summed E-state index contributed by atoms with van der Waals surface area (Å²) in [5, 5.41) is 9.70. The molecule has 7 nitrogen and oxygen atoms in total. The molecule has 0 N–H and O–H groups in total. The van der Waals surface area contributed by atoms with Crippen LogP contribution < -0.4 is 22.2 Å². The van der Waals surface area contributed by atoms with Crippen LogP contribution in [0.3, 0.4) is 0 Å². The molecule has 3 aromatic heterocycles. The Balaban J connectivity index is 1.45. The lowest BCUT2D eigenvalue weighted by atomic mass is 9.86. The van der Waals surface area contributed by atoms with E-state index >= 15 is 0 Å². The molecule has 0 radical (unpaired) electrons. The van der Waals surface area contributed by atoms with Crippen molar-refractivity contribution in [2.75, 3.05) is 0 Å². The van der Waals surface area contributed by atoms with E-state index in [2.05, 4.69) is 51.3 Å². The zero-order chi connectivity index (χ0) is 38.5. The average Bonchev–Trinajstić information content (AvgIpc) is 3.52. The highest BCUT2D eigenvalue weighted by Gasteiger charge is 2.29. The number of nitrogens with zero attached hydrogens (tertiary/aromatic N) is 3. The first-order valence-electron chi connectivity index (χ1n) is 21.6.